The van der Waals surface area contributed by atoms with E-state index >= 15 is 0 Å². The second-order valence-electron chi connectivity index (χ2n) is 4.38. The van der Waals surface area contributed by atoms with Gasteiger partial charge in [0.1, 0.15) is 6.10 Å². The van der Waals surface area contributed by atoms with E-state index in [1.165, 1.54) is 0 Å². The number of hydrogen-bond donors (Lipinski definition) is 2. The summed E-state index contributed by atoms with van der Waals surface area (Å²) in [5.74, 6) is -3.51. The Bertz CT molecular complexity index is 481. The van der Waals surface area contributed by atoms with Gasteiger partial charge in [0, 0.05) is 18.3 Å². The molecule has 1 aromatic rings. The van der Waals surface area contributed by atoms with Crippen LogP contribution in [0.5, 0.6) is 0 Å². The van der Waals surface area contributed by atoms with Crippen molar-refractivity contribution < 1.29 is 94.3 Å². The molecule has 1 rings (SSSR count). The zero-order chi connectivity index (χ0) is 15.1. The standard InChI is InChI=1S/C14H15O6.2Na.H2O/c15-8-12(17)13(18)11(16)7-10(14(19)20)6-9-4-2-1-3-5-9;;;/h1-5,10,12-13,17-18H,6-7H2,(H,19,20);;;1H2/q-1;2*+1;/p-2. The average Bonchev–Trinajstić information content (AvgIpc) is 2.45. The fraction of sp³-hybridized carbons (Fsp3) is 0.357. The van der Waals surface area contributed by atoms with Gasteiger partial charge in [-0.1, -0.05) is 30.3 Å². The second kappa shape index (κ2) is 14.3. The maximum atomic E-state index is 11.6. The molecule has 0 heterocycles. The van der Waals surface area contributed by atoms with Crippen LogP contribution in [0.3, 0.4) is 0 Å². The van der Waals surface area contributed by atoms with Gasteiger partial charge in [-0.2, -0.15) is 0 Å². The molecule has 0 radical (unpaired) electrons. The molecule has 1 aromatic carbocycles. The number of carboxylic acid groups (broad SMARTS) is 1. The molecular weight excluding hydrogens is 326 g/mol. The van der Waals surface area contributed by atoms with Crippen molar-refractivity contribution in [3.8, 4) is 0 Å². The zero-order valence-electron chi connectivity index (χ0n) is 13.0. The molecule has 3 atom stereocenters. The summed E-state index contributed by atoms with van der Waals surface area (Å²) in [7, 11) is 0. The van der Waals surface area contributed by atoms with Crippen molar-refractivity contribution >= 4 is 18.0 Å². The van der Waals surface area contributed by atoms with Gasteiger partial charge in [-0.15, -0.1) is 0 Å². The van der Waals surface area contributed by atoms with Gasteiger partial charge in [-0.05, 0) is 18.1 Å². The number of aliphatic hydroxyl groups excluding tert-OH is 2. The van der Waals surface area contributed by atoms with E-state index in [-0.39, 0.29) is 71.0 Å². The Morgan fingerprint density at radius 1 is 1.13 bits per heavy atom. The third kappa shape index (κ3) is 9.71. The van der Waals surface area contributed by atoms with Crippen LogP contribution < -0.4 is 64.2 Å². The van der Waals surface area contributed by atoms with E-state index in [0.29, 0.717) is 5.56 Å². The number of benzene rings is 1. The van der Waals surface area contributed by atoms with Crippen molar-refractivity contribution in [3.63, 3.8) is 0 Å². The third-order valence-electron chi connectivity index (χ3n) is 2.86. The van der Waals surface area contributed by atoms with Crippen molar-refractivity contribution in [2.75, 3.05) is 0 Å². The van der Waals surface area contributed by atoms with Crippen molar-refractivity contribution in [1.29, 1.82) is 0 Å². The molecule has 9 heteroatoms. The van der Waals surface area contributed by atoms with Gasteiger partial charge in [-0.25, -0.2) is 6.29 Å². The van der Waals surface area contributed by atoms with Crippen molar-refractivity contribution in [2.24, 2.45) is 5.92 Å². The van der Waals surface area contributed by atoms with E-state index in [1.807, 2.05) is 0 Å². The van der Waals surface area contributed by atoms with Crippen LogP contribution in [-0.2, 0) is 20.8 Å². The molecule has 0 spiro atoms. The maximum Gasteiger partial charge on any atom is 1.00 e. The van der Waals surface area contributed by atoms with Crippen LogP contribution in [0.2, 0.25) is 0 Å². The predicted octanol–water partition coefficient (Wildman–Crippen LogP) is -7.78. The SMILES string of the molecule is O=[C-]C(O)C(O)C(=O)CC(Cc1ccccc1)C(=O)[O-].[Na+].[Na+].[OH-]. The van der Waals surface area contributed by atoms with Gasteiger partial charge in [-0.3, -0.25) is 4.79 Å². The van der Waals surface area contributed by atoms with Gasteiger partial charge in [0.05, 0.1) is 0 Å². The molecular formula is C14H15Na2O7-. The van der Waals surface area contributed by atoms with Crippen molar-refractivity contribution in [2.45, 2.75) is 25.0 Å². The molecule has 23 heavy (non-hydrogen) atoms. The summed E-state index contributed by atoms with van der Waals surface area (Å²) in [6.45, 7) is 0. The first-order valence-corrected chi connectivity index (χ1v) is 5.97. The van der Waals surface area contributed by atoms with Crippen LogP contribution in [0.25, 0.3) is 0 Å². The fourth-order valence-corrected chi connectivity index (χ4v) is 1.74. The largest absolute Gasteiger partial charge is 1.00 e. The van der Waals surface area contributed by atoms with Gasteiger partial charge in [0.2, 0.25) is 0 Å². The number of rotatable bonds is 8. The smallest absolute Gasteiger partial charge is 0.870 e. The first-order valence-electron chi connectivity index (χ1n) is 5.97. The number of carbonyl (C=O) groups excluding carboxylic acids is 3. The number of aliphatic carboxylic acids is 1. The van der Waals surface area contributed by atoms with E-state index in [1.54, 1.807) is 30.3 Å². The normalized spacial score (nSPS) is 13.1. The summed E-state index contributed by atoms with van der Waals surface area (Å²) in [6.07, 6.45) is -3.34. The number of carbonyl (C=O) groups is 2. The minimum absolute atomic E-state index is 0. The van der Waals surface area contributed by atoms with Crippen LogP contribution in [0.4, 0.5) is 0 Å². The fourth-order valence-electron chi connectivity index (χ4n) is 1.74. The van der Waals surface area contributed by atoms with Crippen LogP contribution >= 0.6 is 0 Å². The molecule has 0 aliphatic heterocycles. The minimum Gasteiger partial charge on any atom is -0.870 e. The maximum absolute atomic E-state index is 11.6. The Kier molecular flexibility index (Phi) is 17.2. The molecule has 0 aliphatic carbocycles. The summed E-state index contributed by atoms with van der Waals surface area (Å²) in [5.41, 5.74) is 0.700. The van der Waals surface area contributed by atoms with Gasteiger partial charge in [0.15, 0.2) is 5.78 Å². The van der Waals surface area contributed by atoms with Gasteiger partial charge >= 0.3 is 59.1 Å². The number of hydrogen-bond acceptors (Lipinski definition) is 7. The topological polar surface area (TPSA) is 145 Å². The van der Waals surface area contributed by atoms with E-state index in [2.05, 4.69) is 0 Å². The number of carboxylic acids is 1. The minimum atomic E-state index is -1.97. The summed E-state index contributed by atoms with van der Waals surface area (Å²) in [6, 6.07) is 8.62. The number of Topliss-reactive ketones (excluding diaryl/α,β-unsaturated/α-hetero) is 1. The average molecular weight is 341 g/mol. The molecule has 0 aliphatic rings. The summed E-state index contributed by atoms with van der Waals surface area (Å²) < 4.78 is 0. The van der Waals surface area contributed by atoms with Crippen LogP contribution in [0.15, 0.2) is 30.3 Å². The summed E-state index contributed by atoms with van der Waals surface area (Å²) in [5, 5.41) is 29.3. The first-order chi connectivity index (χ1) is 9.45. The molecule has 0 fully saturated rings. The molecule has 3 unspecified atom stereocenters. The first kappa shape index (κ1) is 27.7. The van der Waals surface area contributed by atoms with Gasteiger partial charge in [0.25, 0.3) is 0 Å². The molecule has 0 saturated heterocycles. The Balaban J connectivity index is -0.00000133. The summed E-state index contributed by atoms with van der Waals surface area (Å²) in [4.78, 5) is 32.7. The number of ketones is 1. The Hall–Kier alpha value is -0.0900. The number of aliphatic hydroxyl groups is 2. The van der Waals surface area contributed by atoms with Crippen LogP contribution in [0, 0.1) is 5.92 Å². The Morgan fingerprint density at radius 2 is 1.65 bits per heavy atom. The molecule has 0 bridgehead atoms. The second-order valence-corrected chi connectivity index (χ2v) is 4.38. The monoisotopic (exact) mass is 341 g/mol. The predicted molar refractivity (Wildman–Crippen MR) is 67.9 cm³/mol. The zero-order valence-corrected chi connectivity index (χ0v) is 17.0. The quantitative estimate of drug-likeness (QED) is 0.353. The molecule has 0 saturated carbocycles. The summed E-state index contributed by atoms with van der Waals surface area (Å²) >= 11 is 0. The molecule has 116 valence electrons. The molecule has 7 nitrogen and oxygen atoms in total. The third-order valence-corrected chi connectivity index (χ3v) is 2.86. The van der Waals surface area contributed by atoms with Crippen molar-refractivity contribution in [1.82, 2.24) is 0 Å². The van der Waals surface area contributed by atoms with E-state index in [9.17, 15) is 24.6 Å². The van der Waals surface area contributed by atoms with Crippen LogP contribution in [0.1, 0.15) is 12.0 Å². The van der Waals surface area contributed by atoms with Crippen molar-refractivity contribution in [3.05, 3.63) is 35.9 Å². The molecule has 0 amide bonds. The van der Waals surface area contributed by atoms with Gasteiger partial charge < -0.3 is 30.4 Å². The van der Waals surface area contributed by atoms with E-state index in [4.69, 9.17) is 5.11 Å². The van der Waals surface area contributed by atoms with E-state index in [0.717, 1.165) is 6.29 Å². The van der Waals surface area contributed by atoms with Crippen LogP contribution in [-0.4, -0.2) is 45.9 Å². The van der Waals surface area contributed by atoms with E-state index < -0.39 is 36.3 Å². The Morgan fingerprint density at radius 3 is 2.09 bits per heavy atom. The molecule has 0 aromatic heterocycles. The molecule has 3 N–H and O–H groups in total. The Labute approximate surface area is 178 Å².